The summed E-state index contributed by atoms with van der Waals surface area (Å²) in [6.07, 6.45) is 2.79. The van der Waals surface area contributed by atoms with Crippen LogP contribution in [-0.2, 0) is 4.74 Å². The molecule has 5 nitrogen and oxygen atoms in total. The van der Waals surface area contributed by atoms with Crippen molar-refractivity contribution in [2.75, 3.05) is 26.4 Å². The molecule has 5 heteroatoms. The van der Waals surface area contributed by atoms with Crippen molar-refractivity contribution in [3.05, 3.63) is 11.8 Å². The summed E-state index contributed by atoms with van der Waals surface area (Å²) in [4.78, 5) is 13.2. The first-order chi connectivity index (χ1) is 7.31. The first-order valence-corrected chi connectivity index (χ1v) is 5.40. The molecule has 0 aromatic heterocycles. The number of rotatable bonds is 1. The van der Waals surface area contributed by atoms with E-state index in [1.165, 1.54) is 5.70 Å². The Kier molecular flexibility index (Phi) is 3.11. The number of hydrogen-bond donors (Lipinski definition) is 2. The Bertz CT molecular complexity index is 278. The molecule has 0 bridgehead atoms. The van der Waals surface area contributed by atoms with E-state index in [2.05, 4.69) is 16.7 Å². The van der Waals surface area contributed by atoms with Crippen LogP contribution < -0.4 is 10.6 Å². The van der Waals surface area contributed by atoms with Crippen LogP contribution in [0, 0.1) is 0 Å². The van der Waals surface area contributed by atoms with Gasteiger partial charge in [0.2, 0.25) is 0 Å². The molecule has 2 aliphatic rings. The summed E-state index contributed by atoms with van der Waals surface area (Å²) in [5.74, 6) is 0. The van der Waals surface area contributed by atoms with Crippen LogP contribution in [0.25, 0.3) is 0 Å². The second-order valence-corrected chi connectivity index (χ2v) is 3.70. The van der Waals surface area contributed by atoms with Crippen molar-refractivity contribution in [1.82, 2.24) is 15.5 Å². The summed E-state index contributed by atoms with van der Waals surface area (Å²) in [6.45, 7) is 4.48. The van der Waals surface area contributed by atoms with E-state index >= 15 is 0 Å². The van der Waals surface area contributed by atoms with Crippen molar-refractivity contribution in [3.8, 4) is 0 Å². The third-order valence-corrected chi connectivity index (χ3v) is 2.76. The summed E-state index contributed by atoms with van der Waals surface area (Å²) in [7, 11) is 0. The summed E-state index contributed by atoms with van der Waals surface area (Å²) >= 11 is 0. The monoisotopic (exact) mass is 211 g/mol. The summed E-state index contributed by atoms with van der Waals surface area (Å²) in [5.41, 5.74) is 1.21. The van der Waals surface area contributed by atoms with E-state index in [9.17, 15) is 4.79 Å². The van der Waals surface area contributed by atoms with Crippen LogP contribution in [-0.4, -0.2) is 43.4 Å². The third-order valence-electron chi connectivity index (χ3n) is 2.76. The number of carbonyl (C=O) groups excluding carboxylic acids is 1. The lowest BCUT2D eigenvalue weighted by Crippen LogP contribution is -2.34. The molecule has 1 fully saturated rings. The SMILES string of the molecule is CCOC(=O)N1CC=C2NCNC2CC1. The van der Waals surface area contributed by atoms with Gasteiger partial charge in [-0.2, -0.15) is 0 Å². The van der Waals surface area contributed by atoms with Crippen molar-refractivity contribution < 1.29 is 9.53 Å². The van der Waals surface area contributed by atoms with Crippen molar-refractivity contribution in [1.29, 1.82) is 0 Å². The number of nitrogens with one attached hydrogen (secondary N) is 2. The van der Waals surface area contributed by atoms with E-state index in [-0.39, 0.29) is 6.09 Å². The average molecular weight is 211 g/mol. The number of fused-ring (bicyclic) bond motifs is 1. The van der Waals surface area contributed by atoms with Gasteiger partial charge in [-0.3, -0.25) is 5.32 Å². The number of amides is 1. The molecule has 84 valence electrons. The van der Waals surface area contributed by atoms with E-state index in [1.54, 1.807) is 4.90 Å². The van der Waals surface area contributed by atoms with Gasteiger partial charge in [0.15, 0.2) is 0 Å². The van der Waals surface area contributed by atoms with Crippen LogP contribution >= 0.6 is 0 Å². The fourth-order valence-electron chi connectivity index (χ4n) is 1.95. The van der Waals surface area contributed by atoms with Crippen LogP contribution in [0.3, 0.4) is 0 Å². The minimum Gasteiger partial charge on any atom is -0.450 e. The molecule has 0 aliphatic carbocycles. The molecular formula is C10H17N3O2. The highest BCUT2D eigenvalue weighted by Crippen LogP contribution is 2.14. The van der Waals surface area contributed by atoms with Gasteiger partial charge < -0.3 is 15.0 Å². The van der Waals surface area contributed by atoms with Crippen LogP contribution in [0.15, 0.2) is 11.8 Å². The molecule has 0 spiro atoms. The standard InChI is InChI=1S/C10H17N3O2/c1-2-15-10(14)13-5-3-8-9(4-6-13)12-7-11-8/h3,9,11-12H,2,4-7H2,1H3. The third kappa shape index (κ3) is 2.23. The molecule has 2 rings (SSSR count). The van der Waals surface area contributed by atoms with Crippen molar-refractivity contribution >= 4 is 6.09 Å². The van der Waals surface area contributed by atoms with Crippen LogP contribution in [0.1, 0.15) is 13.3 Å². The van der Waals surface area contributed by atoms with Gasteiger partial charge >= 0.3 is 6.09 Å². The van der Waals surface area contributed by atoms with Gasteiger partial charge in [-0.05, 0) is 19.4 Å². The Labute approximate surface area is 89.5 Å². The number of nitrogens with zero attached hydrogens (tertiary/aromatic N) is 1. The van der Waals surface area contributed by atoms with Crippen molar-refractivity contribution in [2.45, 2.75) is 19.4 Å². The minimum atomic E-state index is -0.214. The predicted octanol–water partition coefficient (Wildman–Crippen LogP) is 0.251. The van der Waals surface area contributed by atoms with E-state index in [1.807, 2.05) is 6.92 Å². The summed E-state index contributed by atoms with van der Waals surface area (Å²) in [5, 5.41) is 6.59. The largest absolute Gasteiger partial charge is 0.450 e. The highest BCUT2D eigenvalue weighted by molar-refractivity contribution is 5.67. The smallest absolute Gasteiger partial charge is 0.410 e. The maximum Gasteiger partial charge on any atom is 0.410 e. The fourth-order valence-corrected chi connectivity index (χ4v) is 1.95. The molecule has 0 aromatic rings. The van der Waals surface area contributed by atoms with Gasteiger partial charge in [-0.1, -0.05) is 0 Å². The molecular weight excluding hydrogens is 194 g/mol. The van der Waals surface area contributed by atoms with E-state index < -0.39 is 0 Å². The second kappa shape index (κ2) is 4.53. The average Bonchev–Trinajstić information content (AvgIpc) is 2.58. The molecule has 2 N–H and O–H groups in total. The molecule has 0 saturated carbocycles. The van der Waals surface area contributed by atoms with Gasteiger partial charge in [-0.15, -0.1) is 0 Å². The molecule has 1 atom stereocenters. The summed E-state index contributed by atoms with van der Waals surface area (Å²) in [6, 6.07) is 0.379. The van der Waals surface area contributed by atoms with Gasteiger partial charge in [0.1, 0.15) is 0 Å². The Morgan fingerprint density at radius 1 is 1.73 bits per heavy atom. The normalized spacial score (nSPS) is 25.0. The second-order valence-electron chi connectivity index (χ2n) is 3.70. The maximum absolute atomic E-state index is 11.5. The Hall–Kier alpha value is -1.23. The van der Waals surface area contributed by atoms with Gasteiger partial charge in [0.25, 0.3) is 0 Å². The highest BCUT2D eigenvalue weighted by Gasteiger charge is 2.25. The Balaban J connectivity index is 1.96. The zero-order valence-electron chi connectivity index (χ0n) is 8.95. The lowest BCUT2D eigenvalue weighted by atomic mass is 10.2. The molecule has 2 heterocycles. The molecule has 2 aliphatic heterocycles. The number of ether oxygens (including phenoxy) is 1. The molecule has 0 aromatic carbocycles. The lowest BCUT2D eigenvalue weighted by Gasteiger charge is -2.19. The van der Waals surface area contributed by atoms with Crippen LogP contribution in [0.2, 0.25) is 0 Å². The lowest BCUT2D eigenvalue weighted by molar-refractivity contribution is 0.111. The zero-order valence-corrected chi connectivity index (χ0v) is 8.95. The summed E-state index contributed by atoms with van der Waals surface area (Å²) < 4.78 is 4.98. The maximum atomic E-state index is 11.5. The molecule has 1 unspecified atom stereocenters. The van der Waals surface area contributed by atoms with Gasteiger partial charge in [0, 0.05) is 24.8 Å². The van der Waals surface area contributed by atoms with E-state index in [0.29, 0.717) is 19.2 Å². The zero-order chi connectivity index (χ0) is 10.7. The van der Waals surface area contributed by atoms with Crippen molar-refractivity contribution in [3.63, 3.8) is 0 Å². The van der Waals surface area contributed by atoms with Crippen LogP contribution in [0.5, 0.6) is 0 Å². The quantitative estimate of drug-likeness (QED) is 0.653. The van der Waals surface area contributed by atoms with E-state index in [0.717, 1.165) is 19.6 Å². The fraction of sp³-hybridized carbons (Fsp3) is 0.700. The van der Waals surface area contributed by atoms with E-state index in [4.69, 9.17) is 4.74 Å². The van der Waals surface area contributed by atoms with Crippen molar-refractivity contribution in [2.24, 2.45) is 0 Å². The van der Waals surface area contributed by atoms with Gasteiger partial charge in [-0.25, -0.2) is 4.79 Å². The minimum absolute atomic E-state index is 0.214. The number of hydrogen-bond acceptors (Lipinski definition) is 4. The number of carbonyl (C=O) groups is 1. The first kappa shape index (κ1) is 10.3. The first-order valence-electron chi connectivity index (χ1n) is 5.40. The molecule has 0 radical (unpaired) electrons. The predicted molar refractivity (Wildman–Crippen MR) is 56.2 cm³/mol. The van der Waals surface area contributed by atoms with Crippen LogP contribution in [0.4, 0.5) is 4.79 Å². The molecule has 1 amide bonds. The Morgan fingerprint density at radius 3 is 3.40 bits per heavy atom. The topological polar surface area (TPSA) is 53.6 Å². The molecule has 15 heavy (non-hydrogen) atoms. The Morgan fingerprint density at radius 2 is 2.60 bits per heavy atom. The highest BCUT2D eigenvalue weighted by atomic mass is 16.6. The van der Waals surface area contributed by atoms with Gasteiger partial charge in [0.05, 0.1) is 13.3 Å². The molecule has 1 saturated heterocycles.